The Labute approximate surface area is 120 Å². The number of carbonyl (C=O) groups excluding carboxylic acids is 1. The van der Waals surface area contributed by atoms with Crippen LogP contribution in [0.2, 0.25) is 0 Å². The zero-order valence-electron chi connectivity index (χ0n) is 12.1. The van der Waals surface area contributed by atoms with E-state index in [1.807, 2.05) is 18.2 Å². The van der Waals surface area contributed by atoms with E-state index in [1.54, 1.807) is 0 Å². The first kappa shape index (κ1) is 15.0. The minimum Gasteiger partial charge on any atom is -0.469 e. The highest BCUT2D eigenvalue weighted by Crippen LogP contribution is 2.15. The van der Waals surface area contributed by atoms with Crippen LogP contribution < -0.4 is 5.32 Å². The van der Waals surface area contributed by atoms with E-state index in [4.69, 9.17) is 9.47 Å². The van der Waals surface area contributed by atoms with Crippen molar-refractivity contribution in [2.75, 3.05) is 26.9 Å². The molecule has 1 saturated heterocycles. The quantitative estimate of drug-likeness (QED) is 0.611. The fourth-order valence-electron chi connectivity index (χ4n) is 2.47. The van der Waals surface area contributed by atoms with Crippen molar-refractivity contribution in [3.05, 3.63) is 35.4 Å². The summed E-state index contributed by atoms with van der Waals surface area (Å²) < 4.78 is 10.1. The van der Waals surface area contributed by atoms with Gasteiger partial charge in [-0.25, -0.2) is 0 Å². The monoisotopic (exact) mass is 277 g/mol. The van der Waals surface area contributed by atoms with Gasteiger partial charge in [0.2, 0.25) is 0 Å². The van der Waals surface area contributed by atoms with Crippen molar-refractivity contribution in [3.8, 4) is 0 Å². The van der Waals surface area contributed by atoms with Crippen LogP contribution in [0.15, 0.2) is 24.3 Å². The predicted octanol–water partition coefficient (Wildman–Crippen LogP) is 1.92. The molecule has 1 aliphatic heterocycles. The number of esters is 1. The van der Waals surface area contributed by atoms with Gasteiger partial charge in [0.1, 0.15) is 0 Å². The molecule has 0 saturated carbocycles. The molecule has 4 heteroatoms. The van der Waals surface area contributed by atoms with E-state index in [1.165, 1.54) is 19.1 Å². The van der Waals surface area contributed by atoms with E-state index in [2.05, 4.69) is 11.4 Å². The lowest BCUT2D eigenvalue weighted by molar-refractivity contribution is -0.139. The van der Waals surface area contributed by atoms with Gasteiger partial charge in [-0.2, -0.15) is 0 Å². The maximum absolute atomic E-state index is 11.4. The maximum atomic E-state index is 11.4. The fraction of sp³-hybridized carbons (Fsp3) is 0.562. The van der Waals surface area contributed by atoms with Gasteiger partial charge in [0.25, 0.3) is 0 Å². The van der Waals surface area contributed by atoms with E-state index >= 15 is 0 Å². The Balaban J connectivity index is 1.77. The molecule has 1 unspecified atom stereocenters. The van der Waals surface area contributed by atoms with Crippen LogP contribution in [0.3, 0.4) is 0 Å². The summed E-state index contributed by atoms with van der Waals surface area (Å²) in [6, 6.07) is 8.00. The van der Waals surface area contributed by atoms with Crippen molar-refractivity contribution in [1.82, 2.24) is 5.32 Å². The molecule has 0 aliphatic carbocycles. The van der Waals surface area contributed by atoms with Crippen LogP contribution in [-0.2, 0) is 27.2 Å². The molecule has 2 rings (SSSR count). The van der Waals surface area contributed by atoms with Crippen LogP contribution in [0.5, 0.6) is 0 Å². The van der Waals surface area contributed by atoms with Gasteiger partial charge in [-0.1, -0.05) is 24.3 Å². The molecule has 1 N–H and O–H groups in total. The zero-order chi connectivity index (χ0) is 14.2. The lowest BCUT2D eigenvalue weighted by Gasteiger charge is -2.11. The summed E-state index contributed by atoms with van der Waals surface area (Å²) in [7, 11) is 1.42. The minimum absolute atomic E-state index is 0.194. The Bertz CT molecular complexity index is 427. The average Bonchev–Trinajstić information content (AvgIpc) is 2.98. The van der Waals surface area contributed by atoms with Crippen LogP contribution in [-0.4, -0.2) is 32.8 Å². The molecular formula is C16H23NO3. The Morgan fingerprint density at radius 3 is 2.90 bits per heavy atom. The smallest absolute Gasteiger partial charge is 0.309 e. The molecule has 0 amide bonds. The largest absolute Gasteiger partial charge is 0.469 e. The van der Waals surface area contributed by atoms with Gasteiger partial charge in [0.15, 0.2) is 0 Å². The molecule has 0 aromatic heterocycles. The first-order chi connectivity index (χ1) is 9.79. The van der Waals surface area contributed by atoms with Gasteiger partial charge in [-0.3, -0.25) is 4.79 Å². The number of nitrogens with one attached hydrogen (secondary N) is 1. The number of carbonyl (C=O) groups is 1. The second-order valence-corrected chi connectivity index (χ2v) is 5.22. The highest BCUT2D eigenvalue weighted by molar-refractivity contribution is 5.72. The van der Waals surface area contributed by atoms with Crippen LogP contribution in [0.1, 0.15) is 24.0 Å². The predicted molar refractivity (Wildman–Crippen MR) is 77.4 cm³/mol. The molecule has 0 bridgehead atoms. The SMILES string of the molecule is COC(=O)Cc1ccccc1CNCCC1CCOC1. The van der Waals surface area contributed by atoms with E-state index in [0.717, 1.165) is 38.3 Å². The third kappa shape index (κ3) is 4.62. The van der Waals surface area contributed by atoms with Gasteiger partial charge in [-0.05, 0) is 36.4 Å². The van der Waals surface area contributed by atoms with E-state index in [0.29, 0.717) is 12.3 Å². The van der Waals surface area contributed by atoms with E-state index in [-0.39, 0.29) is 5.97 Å². The van der Waals surface area contributed by atoms with Gasteiger partial charge in [-0.15, -0.1) is 0 Å². The van der Waals surface area contributed by atoms with Crippen molar-refractivity contribution in [1.29, 1.82) is 0 Å². The van der Waals surface area contributed by atoms with Crippen molar-refractivity contribution >= 4 is 5.97 Å². The van der Waals surface area contributed by atoms with E-state index in [9.17, 15) is 4.79 Å². The summed E-state index contributed by atoms with van der Waals surface area (Å²) >= 11 is 0. The second kappa shape index (κ2) is 8.02. The Morgan fingerprint density at radius 2 is 2.20 bits per heavy atom. The summed E-state index contributed by atoms with van der Waals surface area (Å²) in [5.74, 6) is 0.508. The van der Waals surface area contributed by atoms with Gasteiger partial charge < -0.3 is 14.8 Å². The van der Waals surface area contributed by atoms with Crippen molar-refractivity contribution in [2.24, 2.45) is 5.92 Å². The molecule has 1 heterocycles. The highest BCUT2D eigenvalue weighted by atomic mass is 16.5. The molecule has 1 aliphatic rings. The lowest BCUT2D eigenvalue weighted by atomic mass is 10.0. The van der Waals surface area contributed by atoms with Crippen LogP contribution in [0, 0.1) is 5.92 Å². The number of hydrogen-bond acceptors (Lipinski definition) is 4. The molecule has 1 aromatic rings. The summed E-state index contributed by atoms with van der Waals surface area (Å²) in [5, 5.41) is 3.45. The number of methoxy groups -OCH3 is 1. The van der Waals surface area contributed by atoms with E-state index < -0.39 is 0 Å². The average molecular weight is 277 g/mol. The highest BCUT2D eigenvalue weighted by Gasteiger charge is 2.14. The number of hydrogen-bond donors (Lipinski definition) is 1. The van der Waals surface area contributed by atoms with Crippen molar-refractivity contribution < 1.29 is 14.3 Å². The van der Waals surface area contributed by atoms with Gasteiger partial charge in [0, 0.05) is 19.8 Å². The minimum atomic E-state index is -0.194. The third-order valence-electron chi connectivity index (χ3n) is 3.75. The first-order valence-electron chi connectivity index (χ1n) is 7.21. The topological polar surface area (TPSA) is 47.6 Å². The molecule has 4 nitrogen and oxygen atoms in total. The zero-order valence-corrected chi connectivity index (χ0v) is 12.1. The third-order valence-corrected chi connectivity index (χ3v) is 3.75. The second-order valence-electron chi connectivity index (χ2n) is 5.22. The lowest BCUT2D eigenvalue weighted by Crippen LogP contribution is -2.19. The fourth-order valence-corrected chi connectivity index (χ4v) is 2.47. The van der Waals surface area contributed by atoms with Gasteiger partial charge >= 0.3 is 5.97 Å². The molecule has 0 spiro atoms. The van der Waals surface area contributed by atoms with Crippen molar-refractivity contribution in [3.63, 3.8) is 0 Å². The van der Waals surface area contributed by atoms with Gasteiger partial charge in [0.05, 0.1) is 13.5 Å². The summed E-state index contributed by atoms with van der Waals surface area (Å²) in [6.07, 6.45) is 2.67. The normalized spacial score (nSPS) is 18.1. The van der Waals surface area contributed by atoms with Crippen molar-refractivity contribution in [2.45, 2.75) is 25.8 Å². The summed E-state index contributed by atoms with van der Waals surface area (Å²) in [6.45, 7) is 3.59. The van der Waals surface area contributed by atoms with Crippen LogP contribution >= 0.6 is 0 Å². The molecule has 1 fully saturated rings. The number of rotatable bonds is 7. The number of ether oxygens (including phenoxy) is 2. The first-order valence-corrected chi connectivity index (χ1v) is 7.21. The Hall–Kier alpha value is -1.39. The molecule has 0 radical (unpaired) electrons. The summed E-state index contributed by atoms with van der Waals surface area (Å²) in [4.78, 5) is 11.4. The molecule has 1 atom stereocenters. The Morgan fingerprint density at radius 1 is 1.40 bits per heavy atom. The van der Waals surface area contributed by atoms with Crippen LogP contribution in [0.25, 0.3) is 0 Å². The Kier molecular flexibility index (Phi) is 6.02. The summed E-state index contributed by atoms with van der Waals surface area (Å²) in [5.41, 5.74) is 2.21. The molecule has 1 aromatic carbocycles. The molecule has 20 heavy (non-hydrogen) atoms. The molecular weight excluding hydrogens is 254 g/mol. The standard InChI is InChI=1S/C16H23NO3/c1-19-16(18)10-14-4-2-3-5-15(14)11-17-8-6-13-7-9-20-12-13/h2-5,13,17H,6-12H2,1H3. The maximum Gasteiger partial charge on any atom is 0.309 e. The molecule has 110 valence electrons. The van der Waals surface area contributed by atoms with Crippen LogP contribution in [0.4, 0.5) is 0 Å². The number of benzene rings is 1.